The maximum Gasteiger partial charge on any atom is 0.166 e. The summed E-state index contributed by atoms with van der Waals surface area (Å²) in [5.74, 6) is -1.77. The lowest BCUT2D eigenvalue weighted by Crippen LogP contribution is -1.89. The summed E-state index contributed by atoms with van der Waals surface area (Å²) in [5.41, 5.74) is 0.615. The topological polar surface area (TPSA) is 12.9 Å². The maximum atomic E-state index is 13.4. The van der Waals surface area contributed by atoms with E-state index in [0.717, 1.165) is 6.07 Å². The maximum absolute atomic E-state index is 13.4. The Labute approximate surface area is 90.3 Å². The number of benzene rings is 1. The van der Waals surface area contributed by atoms with Crippen LogP contribution >= 0.6 is 11.6 Å². The van der Waals surface area contributed by atoms with Crippen molar-refractivity contribution in [2.75, 3.05) is 0 Å². The van der Waals surface area contributed by atoms with Gasteiger partial charge in [-0.1, -0.05) is 23.7 Å². The van der Waals surface area contributed by atoms with E-state index in [2.05, 4.69) is 4.98 Å². The summed E-state index contributed by atoms with van der Waals surface area (Å²) in [7, 11) is 0. The zero-order valence-corrected chi connectivity index (χ0v) is 8.30. The minimum Gasteiger partial charge on any atom is -0.263 e. The van der Waals surface area contributed by atoms with Crippen molar-refractivity contribution in [3.05, 3.63) is 53.3 Å². The zero-order chi connectivity index (χ0) is 10.8. The van der Waals surface area contributed by atoms with Crippen molar-refractivity contribution >= 4 is 11.6 Å². The van der Waals surface area contributed by atoms with Crippen LogP contribution in [-0.2, 0) is 0 Å². The minimum atomic E-state index is -0.887. The van der Waals surface area contributed by atoms with Crippen LogP contribution in [0.5, 0.6) is 0 Å². The van der Waals surface area contributed by atoms with Crippen LogP contribution < -0.4 is 0 Å². The van der Waals surface area contributed by atoms with E-state index in [1.165, 1.54) is 30.6 Å². The second-order valence-electron chi connectivity index (χ2n) is 2.99. The number of pyridine rings is 1. The first-order chi connectivity index (χ1) is 7.18. The van der Waals surface area contributed by atoms with Gasteiger partial charge in [-0.25, -0.2) is 8.78 Å². The van der Waals surface area contributed by atoms with E-state index < -0.39 is 11.6 Å². The smallest absolute Gasteiger partial charge is 0.166 e. The Kier molecular flexibility index (Phi) is 2.64. The van der Waals surface area contributed by atoms with Crippen molar-refractivity contribution < 1.29 is 8.78 Å². The van der Waals surface area contributed by atoms with Gasteiger partial charge >= 0.3 is 0 Å². The summed E-state index contributed by atoms with van der Waals surface area (Å²) in [6.07, 6.45) is 2.87. The monoisotopic (exact) mass is 225 g/mol. The van der Waals surface area contributed by atoms with Crippen molar-refractivity contribution in [1.29, 1.82) is 0 Å². The highest BCUT2D eigenvalue weighted by atomic mass is 35.5. The molecule has 15 heavy (non-hydrogen) atoms. The molecule has 0 aliphatic rings. The molecule has 4 heteroatoms. The van der Waals surface area contributed by atoms with Crippen molar-refractivity contribution in [2.45, 2.75) is 0 Å². The Balaban J connectivity index is 2.59. The van der Waals surface area contributed by atoms with Gasteiger partial charge in [0.25, 0.3) is 0 Å². The van der Waals surface area contributed by atoms with Gasteiger partial charge in [-0.2, -0.15) is 0 Å². The second kappa shape index (κ2) is 3.95. The van der Waals surface area contributed by atoms with E-state index in [4.69, 9.17) is 11.6 Å². The standard InChI is InChI=1S/C11H6ClF2N/c12-8-4-7(5-15-6-8)9-2-1-3-10(13)11(9)14/h1-6H. The predicted molar refractivity (Wildman–Crippen MR) is 54.6 cm³/mol. The quantitative estimate of drug-likeness (QED) is 0.722. The fourth-order valence-electron chi connectivity index (χ4n) is 1.29. The lowest BCUT2D eigenvalue weighted by Gasteiger charge is -2.03. The molecular weight excluding hydrogens is 220 g/mol. The summed E-state index contributed by atoms with van der Waals surface area (Å²) in [5, 5.41) is 0.385. The first-order valence-electron chi connectivity index (χ1n) is 4.23. The summed E-state index contributed by atoms with van der Waals surface area (Å²) >= 11 is 5.71. The molecule has 0 spiro atoms. The van der Waals surface area contributed by atoms with Crippen molar-refractivity contribution in [3.8, 4) is 11.1 Å². The van der Waals surface area contributed by atoms with Crippen molar-refractivity contribution in [2.24, 2.45) is 0 Å². The molecule has 1 heterocycles. The van der Waals surface area contributed by atoms with Crippen molar-refractivity contribution in [3.63, 3.8) is 0 Å². The second-order valence-corrected chi connectivity index (χ2v) is 3.43. The van der Waals surface area contributed by atoms with Crippen LogP contribution in [0.1, 0.15) is 0 Å². The van der Waals surface area contributed by atoms with E-state index in [1.807, 2.05) is 0 Å². The van der Waals surface area contributed by atoms with Gasteiger partial charge in [0.1, 0.15) is 0 Å². The molecule has 0 atom stereocenters. The van der Waals surface area contributed by atoms with Crippen LogP contribution in [0.4, 0.5) is 8.78 Å². The van der Waals surface area contributed by atoms with Crippen LogP contribution in [0.15, 0.2) is 36.7 Å². The molecular formula is C11H6ClF2N. The van der Waals surface area contributed by atoms with Gasteiger partial charge in [-0.15, -0.1) is 0 Å². The first-order valence-corrected chi connectivity index (χ1v) is 4.61. The normalized spacial score (nSPS) is 10.3. The Hall–Kier alpha value is -1.48. The van der Waals surface area contributed by atoms with Gasteiger partial charge in [-0.05, 0) is 12.1 Å². The lowest BCUT2D eigenvalue weighted by atomic mass is 10.1. The highest BCUT2D eigenvalue weighted by Crippen LogP contribution is 2.25. The molecule has 2 aromatic rings. The Morgan fingerprint density at radius 3 is 2.67 bits per heavy atom. The molecule has 0 unspecified atom stereocenters. The molecule has 0 fully saturated rings. The fraction of sp³-hybridized carbons (Fsp3) is 0. The number of rotatable bonds is 1. The molecule has 0 aliphatic carbocycles. The molecule has 0 bridgehead atoms. The van der Waals surface area contributed by atoms with E-state index in [9.17, 15) is 8.78 Å². The fourth-order valence-corrected chi connectivity index (χ4v) is 1.46. The molecule has 2 rings (SSSR count). The molecule has 0 N–H and O–H groups in total. The molecule has 1 aromatic heterocycles. The predicted octanol–water partition coefficient (Wildman–Crippen LogP) is 3.68. The Bertz CT molecular complexity index is 500. The number of hydrogen-bond acceptors (Lipinski definition) is 1. The summed E-state index contributed by atoms with van der Waals surface area (Å²) in [6, 6.07) is 5.52. The SMILES string of the molecule is Fc1cccc(-c2cncc(Cl)c2)c1F. The molecule has 0 saturated heterocycles. The molecule has 76 valence electrons. The summed E-state index contributed by atoms with van der Waals surface area (Å²) in [6.45, 7) is 0. The zero-order valence-electron chi connectivity index (χ0n) is 7.55. The summed E-state index contributed by atoms with van der Waals surface area (Å²) < 4.78 is 26.3. The molecule has 0 amide bonds. The van der Waals surface area contributed by atoms with E-state index in [-0.39, 0.29) is 5.56 Å². The lowest BCUT2D eigenvalue weighted by molar-refractivity contribution is 0.511. The van der Waals surface area contributed by atoms with Gasteiger partial charge in [0, 0.05) is 23.5 Å². The third kappa shape index (κ3) is 1.97. The molecule has 0 aliphatic heterocycles. The van der Waals surface area contributed by atoms with Crippen molar-refractivity contribution in [1.82, 2.24) is 4.98 Å². The molecule has 1 nitrogen and oxygen atoms in total. The number of nitrogens with zero attached hydrogens (tertiary/aromatic N) is 1. The van der Waals surface area contributed by atoms with Crippen LogP contribution in [0.3, 0.4) is 0 Å². The molecule has 1 aromatic carbocycles. The van der Waals surface area contributed by atoms with Gasteiger partial charge < -0.3 is 0 Å². The Morgan fingerprint density at radius 1 is 1.13 bits per heavy atom. The number of hydrogen-bond donors (Lipinski definition) is 0. The van der Waals surface area contributed by atoms with Crippen LogP contribution in [0.2, 0.25) is 5.02 Å². The van der Waals surface area contributed by atoms with Crippen LogP contribution in [0, 0.1) is 11.6 Å². The van der Waals surface area contributed by atoms with E-state index in [0.29, 0.717) is 10.6 Å². The largest absolute Gasteiger partial charge is 0.263 e. The average Bonchev–Trinajstić information content (AvgIpc) is 2.22. The first kappa shape index (κ1) is 10.1. The molecule has 0 saturated carbocycles. The third-order valence-electron chi connectivity index (χ3n) is 1.97. The number of aromatic nitrogens is 1. The Morgan fingerprint density at radius 2 is 1.93 bits per heavy atom. The van der Waals surface area contributed by atoms with Crippen LogP contribution in [0.25, 0.3) is 11.1 Å². The third-order valence-corrected chi connectivity index (χ3v) is 2.17. The van der Waals surface area contributed by atoms with Gasteiger partial charge in [0.15, 0.2) is 11.6 Å². The average molecular weight is 226 g/mol. The number of halogens is 3. The minimum absolute atomic E-state index is 0.157. The van der Waals surface area contributed by atoms with E-state index >= 15 is 0 Å². The van der Waals surface area contributed by atoms with Gasteiger partial charge in [0.05, 0.1) is 5.02 Å². The summed E-state index contributed by atoms with van der Waals surface area (Å²) in [4.78, 5) is 3.81. The van der Waals surface area contributed by atoms with Gasteiger partial charge in [0.2, 0.25) is 0 Å². The van der Waals surface area contributed by atoms with Crippen LogP contribution in [-0.4, -0.2) is 4.98 Å². The van der Waals surface area contributed by atoms with E-state index in [1.54, 1.807) is 0 Å². The van der Waals surface area contributed by atoms with Gasteiger partial charge in [-0.3, -0.25) is 4.98 Å². The highest BCUT2D eigenvalue weighted by Gasteiger charge is 2.09. The molecule has 0 radical (unpaired) electrons. The highest BCUT2D eigenvalue weighted by molar-refractivity contribution is 6.30.